The van der Waals surface area contributed by atoms with E-state index in [9.17, 15) is 5.11 Å². The fourth-order valence-electron chi connectivity index (χ4n) is 1.87. The number of rotatable bonds is 7. The molecule has 0 amide bonds. The highest BCUT2D eigenvalue weighted by molar-refractivity contribution is 5.42. The summed E-state index contributed by atoms with van der Waals surface area (Å²) >= 11 is 0. The van der Waals surface area contributed by atoms with Gasteiger partial charge in [-0.05, 0) is 31.5 Å². The van der Waals surface area contributed by atoms with Crippen molar-refractivity contribution in [3.05, 3.63) is 23.8 Å². The minimum atomic E-state index is -0.611. The van der Waals surface area contributed by atoms with Crippen LogP contribution in [0.15, 0.2) is 18.2 Å². The summed E-state index contributed by atoms with van der Waals surface area (Å²) in [7, 11) is 3.20. The molecule has 0 saturated heterocycles. The SMILES string of the molecule is COc1ccc(C(O)C(C)NCC(C)C)c(OC)c1. The number of methoxy groups -OCH3 is 2. The first-order valence-corrected chi connectivity index (χ1v) is 6.63. The topological polar surface area (TPSA) is 50.7 Å². The number of aliphatic hydroxyl groups excluding tert-OH is 1. The van der Waals surface area contributed by atoms with Crippen molar-refractivity contribution < 1.29 is 14.6 Å². The van der Waals surface area contributed by atoms with Gasteiger partial charge in [-0.25, -0.2) is 0 Å². The van der Waals surface area contributed by atoms with Crippen molar-refractivity contribution in [1.82, 2.24) is 5.32 Å². The molecule has 1 rings (SSSR count). The van der Waals surface area contributed by atoms with Gasteiger partial charge >= 0.3 is 0 Å². The van der Waals surface area contributed by atoms with Crippen LogP contribution in [0.5, 0.6) is 11.5 Å². The van der Waals surface area contributed by atoms with Crippen molar-refractivity contribution in [1.29, 1.82) is 0 Å². The number of hydrogen-bond donors (Lipinski definition) is 2. The zero-order valence-electron chi connectivity index (χ0n) is 12.4. The lowest BCUT2D eigenvalue weighted by Gasteiger charge is -2.23. The third-order valence-corrected chi connectivity index (χ3v) is 3.08. The number of aliphatic hydroxyl groups is 1. The second-order valence-corrected chi connectivity index (χ2v) is 5.14. The summed E-state index contributed by atoms with van der Waals surface area (Å²) in [5.41, 5.74) is 0.770. The van der Waals surface area contributed by atoms with E-state index in [1.165, 1.54) is 0 Å². The Kier molecular flexibility index (Phi) is 6.12. The molecule has 4 heteroatoms. The average molecular weight is 267 g/mol. The van der Waals surface area contributed by atoms with Crippen molar-refractivity contribution in [2.75, 3.05) is 20.8 Å². The molecule has 1 aromatic rings. The Balaban J connectivity index is 2.83. The first kappa shape index (κ1) is 15.8. The molecule has 4 nitrogen and oxygen atoms in total. The summed E-state index contributed by atoms with van der Waals surface area (Å²) < 4.78 is 10.5. The molecule has 0 spiro atoms. The van der Waals surface area contributed by atoms with Crippen LogP contribution in [0.1, 0.15) is 32.4 Å². The Morgan fingerprint density at radius 3 is 2.37 bits per heavy atom. The van der Waals surface area contributed by atoms with Gasteiger partial charge in [-0.1, -0.05) is 13.8 Å². The smallest absolute Gasteiger partial charge is 0.128 e. The molecule has 0 aliphatic rings. The molecule has 2 atom stereocenters. The van der Waals surface area contributed by atoms with Crippen molar-refractivity contribution in [3.8, 4) is 11.5 Å². The highest BCUT2D eigenvalue weighted by Gasteiger charge is 2.20. The molecule has 0 heterocycles. The lowest BCUT2D eigenvalue weighted by Crippen LogP contribution is -2.34. The van der Waals surface area contributed by atoms with Gasteiger partial charge in [0.05, 0.1) is 20.3 Å². The molecule has 19 heavy (non-hydrogen) atoms. The zero-order chi connectivity index (χ0) is 14.4. The van der Waals surface area contributed by atoms with E-state index in [1.54, 1.807) is 20.3 Å². The van der Waals surface area contributed by atoms with E-state index < -0.39 is 6.10 Å². The Labute approximate surface area is 115 Å². The third kappa shape index (κ3) is 4.40. The van der Waals surface area contributed by atoms with Crippen molar-refractivity contribution in [2.24, 2.45) is 5.92 Å². The van der Waals surface area contributed by atoms with Gasteiger partial charge in [-0.15, -0.1) is 0 Å². The van der Waals surface area contributed by atoms with Gasteiger partial charge in [0, 0.05) is 17.7 Å². The first-order chi connectivity index (χ1) is 8.99. The molecule has 108 valence electrons. The zero-order valence-corrected chi connectivity index (χ0v) is 12.4. The quantitative estimate of drug-likeness (QED) is 0.796. The van der Waals surface area contributed by atoms with E-state index >= 15 is 0 Å². The maximum absolute atomic E-state index is 10.4. The minimum absolute atomic E-state index is 0.0373. The van der Waals surface area contributed by atoms with Gasteiger partial charge in [-0.2, -0.15) is 0 Å². The summed E-state index contributed by atoms with van der Waals surface area (Å²) in [5.74, 6) is 1.91. The highest BCUT2D eigenvalue weighted by Crippen LogP contribution is 2.30. The minimum Gasteiger partial charge on any atom is -0.497 e. The summed E-state index contributed by atoms with van der Waals surface area (Å²) in [6.45, 7) is 7.12. The van der Waals surface area contributed by atoms with Crippen LogP contribution in [0.25, 0.3) is 0 Å². The fourth-order valence-corrected chi connectivity index (χ4v) is 1.87. The van der Waals surface area contributed by atoms with E-state index in [1.807, 2.05) is 19.1 Å². The Hall–Kier alpha value is -1.26. The van der Waals surface area contributed by atoms with Gasteiger partial charge in [0.15, 0.2) is 0 Å². The van der Waals surface area contributed by atoms with Crippen LogP contribution >= 0.6 is 0 Å². The van der Waals surface area contributed by atoms with Crippen LogP contribution in [0.3, 0.4) is 0 Å². The molecule has 0 aliphatic heterocycles. The molecular formula is C15H25NO3. The van der Waals surface area contributed by atoms with E-state index in [0.29, 0.717) is 11.7 Å². The molecule has 0 radical (unpaired) electrons. The lowest BCUT2D eigenvalue weighted by molar-refractivity contribution is 0.131. The normalized spacial score (nSPS) is 14.3. The predicted molar refractivity (Wildman–Crippen MR) is 76.8 cm³/mol. The molecule has 0 fully saturated rings. The molecule has 2 unspecified atom stereocenters. The van der Waals surface area contributed by atoms with Crippen molar-refractivity contribution in [2.45, 2.75) is 32.9 Å². The highest BCUT2D eigenvalue weighted by atomic mass is 16.5. The van der Waals surface area contributed by atoms with Gasteiger partial charge in [0.25, 0.3) is 0 Å². The molecule has 0 saturated carbocycles. The first-order valence-electron chi connectivity index (χ1n) is 6.63. The monoisotopic (exact) mass is 267 g/mol. The largest absolute Gasteiger partial charge is 0.497 e. The molecule has 0 aromatic heterocycles. The summed E-state index contributed by atoms with van der Waals surface area (Å²) in [5, 5.41) is 13.7. The number of nitrogens with one attached hydrogen (secondary N) is 1. The van der Waals surface area contributed by atoms with E-state index in [4.69, 9.17) is 9.47 Å². The maximum atomic E-state index is 10.4. The summed E-state index contributed by atoms with van der Waals surface area (Å²) in [6.07, 6.45) is -0.611. The van der Waals surface area contributed by atoms with Gasteiger partial charge in [-0.3, -0.25) is 0 Å². The van der Waals surface area contributed by atoms with Gasteiger partial charge in [0.2, 0.25) is 0 Å². The van der Waals surface area contributed by atoms with Crippen LogP contribution in [0, 0.1) is 5.92 Å². The maximum Gasteiger partial charge on any atom is 0.128 e. The Morgan fingerprint density at radius 2 is 1.84 bits per heavy atom. The van der Waals surface area contributed by atoms with Crippen molar-refractivity contribution >= 4 is 0 Å². The lowest BCUT2D eigenvalue weighted by atomic mass is 10.0. The van der Waals surface area contributed by atoms with E-state index in [-0.39, 0.29) is 6.04 Å². The molecular weight excluding hydrogens is 242 g/mol. The Bertz CT molecular complexity index is 393. The second-order valence-electron chi connectivity index (χ2n) is 5.14. The van der Waals surface area contributed by atoms with Crippen LogP contribution in [-0.4, -0.2) is 31.9 Å². The van der Waals surface area contributed by atoms with Crippen LogP contribution in [0.4, 0.5) is 0 Å². The summed E-state index contributed by atoms with van der Waals surface area (Å²) in [4.78, 5) is 0. The summed E-state index contributed by atoms with van der Waals surface area (Å²) in [6, 6.07) is 5.42. The van der Waals surface area contributed by atoms with Crippen LogP contribution in [0.2, 0.25) is 0 Å². The number of benzene rings is 1. The Morgan fingerprint density at radius 1 is 1.16 bits per heavy atom. The van der Waals surface area contributed by atoms with Crippen LogP contribution in [-0.2, 0) is 0 Å². The standard InChI is InChI=1S/C15H25NO3/c1-10(2)9-16-11(3)15(17)13-7-6-12(18-4)8-14(13)19-5/h6-8,10-11,15-17H,9H2,1-5H3. The van der Waals surface area contributed by atoms with Gasteiger partial charge in [0.1, 0.15) is 11.5 Å². The van der Waals surface area contributed by atoms with E-state index in [2.05, 4.69) is 19.2 Å². The molecule has 0 bridgehead atoms. The van der Waals surface area contributed by atoms with Crippen molar-refractivity contribution in [3.63, 3.8) is 0 Å². The second kappa shape index (κ2) is 7.36. The number of hydrogen-bond acceptors (Lipinski definition) is 4. The molecule has 2 N–H and O–H groups in total. The van der Waals surface area contributed by atoms with E-state index in [0.717, 1.165) is 17.9 Å². The average Bonchev–Trinajstić information content (AvgIpc) is 2.42. The predicted octanol–water partition coefficient (Wildman–Crippen LogP) is 2.37. The molecule has 1 aromatic carbocycles. The molecule has 0 aliphatic carbocycles. The van der Waals surface area contributed by atoms with Gasteiger partial charge < -0.3 is 19.9 Å². The third-order valence-electron chi connectivity index (χ3n) is 3.08. The fraction of sp³-hybridized carbons (Fsp3) is 0.600. The number of ether oxygens (including phenoxy) is 2. The van der Waals surface area contributed by atoms with Crippen LogP contribution < -0.4 is 14.8 Å².